The zero-order valence-corrected chi connectivity index (χ0v) is 13.4. The van der Waals surface area contributed by atoms with Crippen molar-refractivity contribution >= 4 is 0 Å². The molecule has 1 aromatic carbocycles. The molecular formula is C18H25N3O. The molecule has 1 aromatic heterocycles. The molecule has 1 saturated heterocycles. The number of piperidine rings is 1. The van der Waals surface area contributed by atoms with Crippen molar-refractivity contribution in [1.82, 2.24) is 14.9 Å². The largest absolute Gasteiger partial charge is 0.385 e. The minimum Gasteiger partial charge on any atom is -0.385 e. The van der Waals surface area contributed by atoms with Crippen LogP contribution in [0.5, 0.6) is 0 Å². The van der Waals surface area contributed by atoms with Crippen LogP contribution in [-0.2, 0) is 6.54 Å². The fourth-order valence-corrected chi connectivity index (χ4v) is 3.30. The Morgan fingerprint density at radius 3 is 2.77 bits per heavy atom. The summed E-state index contributed by atoms with van der Waals surface area (Å²) in [6.45, 7) is 7.42. The number of benzene rings is 1. The number of nitrogens with one attached hydrogen (secondary N) is 1. The number of hydrogen-bond acceptors (Lipinski definition) is 3. The maximum absolute atomic E-state index is 10.4. The second-order valence-corrected chi connectivity index (χ2v) is 6.46. The van der Waals surface area contributed by atoms with Crippen LogP contribution in [0.4, 0.5) is 0 Å². The fraction of sp³-hybridized carbons (Fsp3) is 0.500. The van der Waals surface area contributed by atoms with Crippen LogP contribution in [0.1, 0.15) is 41.5 Å². The summed E-state index contributed by atoms with van der Waals surface area (Å²) >= 11 is 0. The summed E-state index contributed by atoms with van der Waals surface area (Å²) in [6, 6.07) is 6.67. The molecule has 2 heterocycles. The third kappa shape index (κ3) is 3.39. The first-order chi connectivity index (χ1) is 10.6. The maximum atomic E-state index is 10.4. The molecule has 0 bridgehead atoms. The van der Waals surface area contributed by atoms with Crippen molar-refractivity contribution < 1.29 is 5.11 Å². The molecule has 4 nitrogen and oxygen atoms in total. The number of likely N-dealkylation sites (tertiary alicyclic amines) is 1. The van der Waals surface area contributed by atoms with Gasteiger partial charge in [0.05, 0.1) is 0 Å². The van der Waals surface area contributed by atoms with Gasteiger partial charge in [0, 0.05) is 18.9 Å². The molecule has 0 aliphatic carbocycles. The molecule has 118 valence electrons. The first-order valence-corrected chi connectivity index (χ1v) is 8.09. The van der Waals surface area contributed by atoms with Gasteiger partial charge in [0.1, 0.15) is 11.9 Å². The lowest BCUT2D eigenvalue weighted by Gasteiger charge is -2.34. The summed E-state index contributed by atoms with van der Waals surface area (Å²) in [5, 5.41) is 10.4. The van der Waals surface area contributed by atoms with Crippen molar-refractivity contribution in [2.24, 2.45) is 5.92 Å². The van der Waals surface area contributed by atoms with E-state index in [2.05, 4.69) is 46.9 Å². The van der Waals surface area contributed by atoms with Gasteiger partial charge in [-0.2, -0.15) is 0 Å². The zero-order valence-electron chi connectivity index (χ0n) is 13.4. The third-order valence-corrected chi connectivity index (χ3v) is 4.78. The molecule has 0 amide bonds. The topological polar surface area (TPSA) is 52.1 Å². The lowest BCUT2D eigenvalue weighted by Crippen LogP contribution is -2.35. The molecule has 22 heavy (non-hydrogen) atoms. The Kier molecular flexibility index (Phi) is 4.60. The molecule has 0 spiro atoms. The second kappa shape index (κ2) is 6.63. The molecule has 1 aliphatic heterocycles. The van der Waals surface area contributed by atoms with Crippen LogP contribution < -0.4 is 0 Å². The Balaban J connectivity index is 1.57. The van der Waals surface area contributed by atoms with E-state index < -0.39 is 6.10 Å². The van der Waals surface area contributed by atoms with Gasteiger partial charge in [0.15, 0.2) is 0 Å². The zero-order chi connectivity index (χ0) is 15.5. The minimum absolute atomic E-state index is 0.306. The fourth-order valence-electron chi connectivity index (χ4n) is 3.30. The predicted octanol–water partition coefficient (Wildman–Crippen LogP) is 2.97. The highest BCUT2D eigenvalue weighted by atomic mass is 16.3. The highest BCUT2D eigenvalue weighted by Crippen LogP contribution is 2.29. The highest BCUT2D eigenvalue weighted by Gasteiger charge is 2.27. The summed E-state index contributed by atoms with van der Waals surface area (Å²) in [7, 11) is 0. The average Bonchev–Trinajstić information content (AvgIpc) is 3.05. The van der Waals surface area contributed by atoms with E-state index in [4.69, 9.17) is 0 Å². The summed E-state index contributed by atoms with van der Waals surface area (Å²) in [5.74, 6) is 1.01. The number of aliphatic hydroxyl groups is 1. The first kappa shape index (κ1) is 15.3. The summed E-state index contributed by atoms with van der Waals surface area (Å²) in [4.78, 5) is 9.70. The lowest BCUT2D eigenvalue weighted by atomic mass is 9.90. The molecule has 1 aliphatic rings. The molecule has 0 saturated carbocycles. The van der Waals surface area contributed by atoms with Crippen LogP contribution in [0, 0.1) is 19.8 Å². The van der Waals surface area contributed by atoms with Crippen LogP contribution in [0.2, 0.25) is 0 Å². The van der Waals surface area contributed by atoms with E-state index in [-0.39, 0.29) is 0 Å². The molecule has 3 rings (SSSR count). The van der Waals surface area contributed by atoms with Gasteiger partial charge in [0.25, 0.3) is 0 Å². The van der Waals surface area contributed by atoms with E-state index in [1.165, 1.54) is 16.7 Å². The van der Waals surface area contributed by atoms with Crippen molar-refractivity contribution in [3.05, 3.63) is 53.1 Å². The average molecular weight is 299 g/mol. The molecule has 1 fully saturated rings. The van der Waals surface area contributed by atoms with E-state index in [9.17, 15) is 5.11 Å². The van der Waals surface area contributed by atoms with Gasteiger partial charge in [-0.3, -0.25) is 4.90 Å². The summed E-state index contributed by atoms with van der Waals surface area (Å²) < 4.78 is 0. The lowest BCUT2D eigenvalue weighted by molar-refractivity contribution is 0.0514. The molecule has 1 atom stereocenters. The van der Waals surface area contributed by atoms with E-state index in [0.29, 0.717) is 11.7 Å². The van der Waals surface area contributed by atoms with Crippen LogP contribution in [0.25, 0.3) is 0 Å². The van der Waals surface area contributed by atoms with Gasteiger partial charge in [-0.1, -0.05) is 23.8 Å². The quantitative estimate of drug-likeness (QED) is 0.912. The third-order valence-electron chi connectivity index (χ3n) is 4.78. The smallest absolute Gasteiger partial charge is 0.135 e. The number of H-pyrrole nitrogens is 1. The van der Waals surface area contributed by atoms with Crippen molar-refractivity contribution in [2.45, 2.75) is 39.3 Å². The summed E-state index contributed by atoms with van der Waals surface area (Å²) in [5.41, 5.74) is 4.11. The van der Waals surface area contributed by atoms with Crippen molar-refractivity contribution in [3.8, 4) is 0 Å². The Morgan fingerprint density at radius 1 is 1.32 bits per heavy atom. The van der Waals surface area contributed by atoms with Gasteiger partial charge in [-0.15, -0.1) is 0 Å². The highest BCUT2D eigenvalue weighted by molar-refractivity contribution is 5.30. The van der Waals surface area contributed by atoms with Crippen LogP contribution in [0.15, 0.2) is 30.6 Å². The normalized spacial score (nSPS) is 18.5. The number of aliphatic hydroxyl groups excluding tert-OH is 1. The van der Waals surface area contributed by atoms with Crippen molar-refractivity contribution in [1.29, 1.82) is 0 Å². The number of aryl methyl sites for hydroxylation is 2. The maximum Gasteiger partial charge on any atom is 0.135 e. The Labute approximate surface area is 132 Å². The number of nitrogens with zero attached hydrogens (tertiary/aromatic N) is 2. The summed E-state index contributed by atoms with van der Waals surface area (Å²) in [6.07, 6.45) is 5.06. The standard InChI is InChI=1S/C18H25N3O/c1-13-3-4-14(2)16(11-13)12-21-9-5-15(6-10-21)17(22)18-19-7-8-20-18/h3-4,7-8,11,15,17,22H,5-6,9-10,12H2,1-2H3,(H,19,20)/t17-/m0/s1. The van der Waals surface area contributed by atoms with Gasteiger partial charge >= 0.3 is 0 Å². The number of rotatable bonds is 4. The number of aromatic nitrogens is 2. The minimum atomic E-state index is -0.460. The molecule has 0 radical (unpaired) electrons. The van der Waals surface area contributed by atoms with Crippen LogP contribution >= 0.6 is 0 Å². The number of hydrogen-bond donors (Lipinski definition) is 2. The molecule has 4 heteroatoms. The van der Waals surface area contributed by atoms with Crippen LogP contribution in [0.3, 0.4) is 0 Å². The Hall–Kier alpha value is -1.65. The van der Waals surface area contributed by atoms with Crippen LogP contribution in [-0.4, -0.2) is 33.1 Å². The molecular weight excluding hydrogens is 274 g/mol. The number of aromatic amines is 1. The monoisotopic (exact) mass is 299 g/mol. The number of imidazole rings is 1. The predicted molar refractivity (Wildman–Crippen MR) is 87.5 cm³/mol. The van der Waals surface area contributed by atoms with E-state index in [1.54, 1.807) is 12.4 Å². The van der Waals surface area contributed by atoms with E-state index in [1.807, 2.05) is 0 Å². The van der Waals surface area contributed by atoms with E-state index >= 15 is 0 Å². The first-order valence-electron chi connectivity index (χ1n) is 8.09. The molecule has 2 aromatic rings. The van der Waals surface area contributed by atoms with Gasteiger partial charge in [-0.25, -0.2) is 4.98 Å². The van der Waals surface area contributed by atoms with Gasteiger partial charge in [0.2, 0.25) is 0 Å². The molecule has 0 unspecified atom stereocenters. The molecule has 2 N–H and O–H groups in total. The Bertz CT molecular complexity index is 601. The second-order valence-electron chi connectivity index (χ2n) is 6.46. The van der Waals surface area contributed by atoms with Gasteiger partial charge < -0.3 is 10.1 Å². The van der Waals surface area contributed by atoms with Gasteiger partial charge in [-0.05, 0) is 56.8 Å². The Morgan fingerprint density at radius 2 is 2.09 bits per heavy atom. The van der Waals surface area contributed by atoms with Crippen molar-refractivity contribution in [2.75, 3.05) is 13.1 Å². The SMILES string of the molecule is Cc1ccc(C)c(CN2CCC([C@H](O)c3ncc[nH]3)CC2)c1. The van der Waals surface area contributed by atoms with Crippen molar-refractivity contribution in [3.63, 3.8) is 0 Å². The van der Waals surface area contributed by atoms with E-state index in [0.717, 1.165) is 32.5 Å².